The molecule has 1 heterocycles. The first kappa shape index (κ1) is 19.8. The fourth-order valence-corrected chi connectivity index (χ4v) is 2.98. The molecule has 6 nitrogen and oxygen atoms in total. The smallest absolute Gasteiger partial charge is 0.316 e. The molecule has 1 N–H and O–H groups in total. The van der Waals surface area contributed by atoms with Crippen molar-refractivity contribution in [1.29, 1.82) is 0 Å². The van der Waals surface area contributed by atoms with Gasteiger partial charge in [0.15, 0.2) is 5.78 Å². The van der Waals surface area contributed by atoms with Crippen molar-refractivity contribution >= 4 is 5.78 Å². The number of nitrogens with zero attached hydrogens (tertiary/aromatic N) is 3. The Hall–Kier alpha value is -2.99. The number of Topliss-reactive ketones (excluding diaryl/α,β-unsaturated/α-hetero) is 1. The maximum absolute atomic E-state index is 12.6. The average Bonchev–Trinajstić information content (AvgIpc) is 3.02. The molecule has 0 bridgehead atoms. The van der Waals surface area contributed by atoms with Gasteiger partial charge in [0.05, 0.1) is 5.69 Å². The lowest BCUT2D eigenvalue weighted by Gasteiger charge is -2.18. The molecule has 0 radical (unpaired) electrons. The highest BCUT2D eigenvalue weighted by molar-refractivity contribution is 5.95. The number of hydrogen-bond acceptors (Lipinski definition) is 4. The molecule has 3 rings (SSSR count). The molecule has 0 aliphatic carbocycles. The summed E-state index contributed by atoms with van der Waals surface area (Å²) in [4.78, 5) is 25.2. The Bertz CT molecular complexity index is 1010. The topological polar surface area (TPSA) is 68.9 Å². The van der Waals surface area contributed by atoms with Crippen LogP contribution in [0.15, 0.2) is 59.7 Å². The third-order valence-corrected chi connectivity index (χ3v) is 4.70. The molecule has 0 saturated carbocycles. The molecule has 28 heavy (non-hydrogen) atoms. The Morgan fingerprint density at radius 3 is 2.25 bits per heavy atom. The minimum absolute atomic E-state index is 0.0278. The maximum atomic E-state index is 12.6. The minimum atomic E-state index is -0.332. The molecule has 2 aromatic carbocycles. The number of benzene rings is 2. The van der Waals surface area contributed by atoms with Crippen LogP contribution in [-0.2, 0) is 18.5 Å². The second-order valence-corrected chi connectivity index (χ2v) is 7.89. The van der Waals surface area contributed by atoms with Crippen molar-refractivity contribution in [3.63, 3.8) is 0 Å². The van der Waals surface area contributed by atoms with Gasteiger partial charge in [0.2, 0.25) is 0 Å². The number of nitrogens with one attached hydrogen (secondary N) is 1. The molecule has 146 valence electrons. The van der Waals surface area contributed by atoms with Gasteiger partial charge in [-0.05, 0) is 35.7 Å². The highest BCUT2D eigenvalue weighted by Gasteiger charge is 2.16. The van der Waals surface area contributed by atoms with Gasteiger partial charge in [0.25, 0.3) is 0 Å². The largest absolute Gasteiger partial charge is 0.350 e. The summed E-state index contributed by atoms with van der Waals surface area (Å²) < 4.78 is 2.64. The van der Waals surface area contributed by atoms with Crippen LogP contribution in [0.1, 0.15) is 42.3 Å². The van der Waals surface area contributed by atoms with Crippen LogP contribution in [0.4, 0.5) is 0 Å². The van der Waals surface area contributed by atoms with Crippen molar-refractivity contribution in [2.45, 2.75) is 39.3 Å². The van der Waals surface area contributed by atoms with Crippen molar-refractivity contribution in [1.82, 2.24) is 19.7 Å². The monoisotopic (exact) mass is 378 g/mol. The van der Waals surface area contributed by atoms with Crippen LogP contribution in [-0.4, -0.2) is 27.2 Å². The Morgan fingerprint density at radius 2 is 1.68 bits per heavy atom. The molecule has 1 aromatic heterocycles. The molecule has 0 amide bonds. The van der Waals surface area contributed by atoms with E-state index in [-0.39, 0.29) is 23.4 Å². The number of hydrogen-bond donors (Lipinski definition) is 1. The molecule has 0 spiro atoms. The van der Waals surface area contributed by atoms with Crippen molar-refractivity contribution in [3.05, 3.63) is 82.0 Å². The molecular weight excluding hydrogens is 352 g/mol. The second-order valence-electron chi connectivity index (χ2n) is 7.89. The van der Waals surface area contributed by atoms with E-state index in [4.69, 9.17) is 0 Å². The van der Waals surface area contributed by atoms with Gasteiger partial charge in [0.1, 0.15) is 12.9 Å². The molecule has 0 aliphatic rings. The van der Waals surface area contributed by atoms with E-state index in [9.17, 15) is 9.59 Å². The first-order valence-corrected chi connectivity index (χ1v) is 9.32. The van der Waals surface area contributed by atoms with Crippen LogP contribution in [0.2, 0.25) is 0 Å². The molecule has 0 saturated heterocycles. The van der Waals surface area contributed by atoms with E-state index in [2.05, 4.69) is 31.2 Å². The molecule has 0 atom stereocenters. The lowest BCUT2D eigenvalue weighted by atomic mass is 9.86. The Kier molecular flexibility index (Phi) is 5.61. The van der Waals surface area contributed by atoms with E-state index >= 15 is 0 Å². The van der Waals surface area contributed by atoms with E-state index in [0.717, 1.165) is 23.4 Å². The summed E-state index contributed by atoms with van der Waals surface area (Å²) in [6.07, 6.45) is 1.45. The quantitative estimate of drug-likeness (QED) is 0.670. The van der Waals surface area contributed by atoms with Crippen molar-refractivity contribution < 1.29 is 4.79 Å². The van der Waals surface area contributed by atoms with Gasteiger partial charge in [-0.15, -0.1) is 0 Å². The number of carbonyl (C=O) groups excluding carboxylic acids is 1. The number of carbonyl (C=O) groups is 1. The predicted octanol–water partition coefficient (Wildman–Crippen LogP) is 2.93. The first-order valence-electron chi connectivity index (χ1n) is 9.32. The summed E-state index contributed by atoms with van der Waals surface area (Å²) in [6, 6.07) is 15.2. The predicted molar refractivity (Wildman–Crippen MR) is 110 cm³/mol. The van der Waals surface area contributed by atoms with Crippen LogP contribution < -0.4 is 11.0 Å². The number of aromatic nitrogens is 3. The van der Waals surface area contributed by atoms with Crippen molar-refractivity contribution in [2.75, 3.05) is 7.05 Å². The van der Waals surface area contributed by atoms with Gasteiger partial charge in [-0.2, -0.15) is 5.10 Å². The summed E-state index contributed by atoms with van der Waals surface area (Å²) in [7, 11) is 1.89. The number of ketones is 1. The SMILES string of the molecule is CNCc1ccc(-n2cnn(CC(=O)c3ccc(C(C)(C)C)cc3)c2=O)cc1. The van der Waals surface area contributed by atoms with Gasteiger partial charge in [-0.3, -0.25) is 4.79 Å². The standard InChI is InChI=1S/C22H26N4O2/c1-22(2,3)18-9-7-17(8-10-18)20(27)14-26-21(28)25(15-24-26)19-11-5-16(6-12-19)13-23-4/h5-12,15,23H,13-14H2,1-4H3. The fraction of sp³-hybridized carbons (Fsp3) is 0.318. The summed E-state index contributed by atoms with van der Waals surface area (Å²) in [5.74, 6) is -0.142. The highest BCUT2D eigenvalue weighted by Crippen LogP contribution is 2.22. The van der Waals surface area contributed by atoms with Crippen LogP contribution in [0.5, 0.6) is 0 Å². The normalized spacial score (nSPS) is 11.6. The van der Waals surface area contributed by atoms with E-state index in [1.807, 2.05) is 55.6 Å². The van der Waals surface area contributed by atoms with Crippen LogP contribution >= 0.6 is 0 Å². The third kappa shape index (κ3) is 4.28. The van der Waals surface area contributed by atoms with E-state index < -0.39 is 0 Å². The molecule has 6 heteroatoms. The lowest BCUT2D eigenvalue weighted by molar-refractivity contribution is 0.0966. The van der Waals surface area contributed by atoms with Gasteiger partial charge in [-0.25, -0.2) is 14.0 Å². The van der Waals surface area contributed by atoms with Crippen LogP contribution in [0, 0.1) is 0 Å². The Morgan fingerprint density at radius 1 is 1.04 bits per heavy atom. The molecular formula is C22H26N4O2. The van der Waals surface area contributed by atoms with Crippen molar-refractivity contribution in [2.24, 2.45) is 0 Å². The molecule has 0 unspecified atom stereocenters. The van der Waals surface area contributed by atoms with E-state index in [1.54, 1.807) is 0 Å². The summed E-state index contributed by atoms with van der Waals surface area (Å²) in [5.41, 5.74) is 3.28. The summed E-state index contributed by atoms with van der Waals surface area (Å²) >= 11 is 0. The maximum Gasteiger partial charge on any atom is 0.350 e. The Balaban J connectivity index is 1.77. The second kappa shape index (κ2) is 7.94. The molecule has 3 aromatic rings. The average molecular weight is 378 g/mol. The summed E-state index contributed by atoms with van der Waals surface area (Å²) in [5, 5.41) is 7.19. The van der Waals surface area contributed by atoms with Gasteiger partial charge < -0.3 is 5.32 Å². The lowest BCUT2D eigenvalue weighted by Crippen LogP contribution is -2.27. The van der Waals surface area contributed by atoms with E-state index in [0.29, 0.717) is 5.56 Å². The van der Waals surface area contributed by atoms with Gasteiger partial charge in [-0.1, -0.05) is 57.2 Å². The van der Waals surface area contributed by atoms with Gasteiger partial charge >= 0.3 is 5.69 Å². The fourth-order valence-electron chi connectivity index (χ4n) is 2.98. The minimum Gasteiger partial charge on any atom is -0.316 e. The number of rotatable bonds is 6. The van der Waals surface area contributed by atoms with E-state index in [1.165, 1.54) is 15.6 Å². The van der Waals surface area contributed by atoms with Crippen molar-refractivity contribution in [3.8, 4) is 5.69 Å². The highest BCUT2D eigenvalue weighted by atomic mass is 16.2. The molecule has 0 fully saturated rings. The van der Waals surface area contributed by atoms with Crippen LogP contribution in [0.25, 0.3) is 5.69 Å². The first-order chi connectivity index (χ1) is 13.3. The van der Waals surface area contributed by atoms with Gasteiger partial charge in [0, 0.05) is 12.1 Å². The zero-order valence-corrected chi connectivity index (χ0v) is 16.8. The molecule has 0 aliphatic heterocycles. The summed E-state index contributed by atoms with van der Waals surface area (Å²) in [6.45, 7) is 7.06. The third-order valence-electron chi connectivity index (χ3n) is 4.70. The Labute approximate surface area is 164 Å². The zero-order chi connectivity index (χ0) is 20.3. The van der Waals surface area contributed by atoms with Crippen LogP contribution in [0.3, 0.4) is 0 Å². The zero-order valence-electron chi connectivity index (χ0n) is 16.8.